The Hall–Kier alpha value is -1.55. The Balaban J connectivity index is 1.74. The van der Waals surface area contributed by atoms with E-state index >= 15 is 0 Å². The maximum absolute atomic E-state index is 11.5. The zero-order valence-electron chi connectivity index (χ0n) is 10.7. The Kier molecular flexibility index (Phi) is 4.59. The van der Waals surface area contributed by atoms with Crippen LogP contribution in [0.15, 0.2) is 30.3 Å². The van der Waals surface area contributed by atoms with E-state index in [1.807, 2.05) is 37.3 Å². The van der Waals surface area contributed by atoms with Crippen LogP contribution in [0.1, 0.15) is 18.9 Å². The quantitative estimate of drug-likeness (QED) is 0.822. The lowest BCUT2D eigenvalue weighted by Gasteiger charge is -2.16. The molecule has 0 aliphatic carbocycles. The monoisotopic (exact) mass is 249 g/mol. The van der Waals surface area contributed by atoms with Crippen molar-refractivity contribution in [3.63, 3.8) is 0 Å². The van der Waals surface area contributed by atoms with Crippen molar-refractivity contribution >= 4 is 6.09 Å². The number of benzene rings is 1. The molecule has 0 bridgehead atoms. The van der Waals surface area contributed by atoms with Crippen LogP contribution in [-0.2, 0) is 16.1 Å². The molecule has 0 spiro atoms. The smallest absolute Gasteiger partial charge is 0.409 e. The first-order valence-electron chi connectivity index (χ1n) is 6.37. The summed E-state index contributed by atoms with van der Waals surface area (Å²) in [6.45, 7) is 4.19. The minimum Gasteiger partial charge on any atom is -0.450 e. The first-order chi connectivity index (χ1) is 8.79. The minimum atomic E-state index is -0.233. The Labute approximate surface area is 107 Å². The highest BCUT2D eigenvalue weighted by Gasteiger charge is 2.27. The van der Waals surface area contributed by atoms with Crippen molar-refractivity contribution in [3.8, 4) is 0 Å². The van der Waals surface area contributed by atoms with Crippen molar-refractivity contribution in [2.75, 3.05) is 19.7 Å². The van der Waals surface area contributed by atoms with Crippen LogP contribution in [0, 0.1) is 0 Å². The third kappa shape index (κ3) is 3.47. The van der Waals surface area contributed by atoms with Crippen LogP contribution in [0.5, 0.6) is 0 Å². The van der Waals surface area contributed by atoms with Crippen LogP contribution in [0.4, 0.5) is 4.79 Å². The predicted octanol–water partition coefficient (Wildman–Crippen LogP) is 2.43. The molecule has 0 radical (unpaired) electrons. The van der Waals surface area contributed by atoms with E-state index in [1.165, 1.54) is 0 Å². The summed E-state index contributed by atoms with van der Waals surface area (Å²) < 4.78 is 10.8. The fourth-order valence-corrected chi connectivity index (χ4v) is 2.03. The van der Waals surface area contributed by atoms with Gasteiger partial charge in [-0.15, -0.1) is 0 Å². The Morgan fingerprint density at radius 2 is 2.17 bits per heavy atom. The van der Waals surface area contributed by atoms with E-state index in [9.17, 15) is 4.79 Å². The van der Waals surface area contributed by atoms with Gasteiger partial charge in [-0.3, -0.25) is 0 Å². The van der Waals surface area contributed by atoms with Crippen LogP contribution < -0.4 is 0 Å². The summed E-state index contributed by atoms with van der Waals surface area (Å²) in [6.07, 6.45) is 0.768. The lowest BCUT2D eigenvalue weighted by Crippen LogP contribution is -2.30. The topological polar surface area (TPSA) is 38.8 Å². The number of carbonyl (C=O) groups is 1. The van der Waals surface area contributed by atoms with Gasteiger partial charge in [-0.25, -0.2) is 4.79 Å². The van der Waals surface area contributed by atoms with Gasteiger partial charge in [-0.2, -0.15) is 0 Å². The highest BCUT2D eigenvalue weighted by molar-refractivity contribution is 5.67. The summed E-state index contributed by atoms with van der Waals surface area (Å²) >= 11 is 0. The second-order valence-corrected chi connectivity index (χ2v) is 4.35. The first kappa shape index (κ1) is 12.9. The van der Waals surface area contributed by atoms with Gasteiger partial charge in [-0.1, -0.05) is 30.3 Å². The number of hydrogen-bond acceptors (Lipinski definition) is 3. The molecule has 1 aromatic carbocycles. The van der Waals surface area contributed by atoms with Gasteiger partial charge in [-0.05, 0) is 18.9 Å². The number of carbonyl (C=O) groups excluding carboxylic acids is 1. The highest BCUT2D eigenvalue weighted by atomic mass is 16.6. The van der Waals surface area contributed by atoms with Crippen molar-refractivity contribution in [2.24, 2.45) is 0 Å². The number of ether oxygens (including phenoxy) is 2. The van der Waals surface area contributed by atoms with Gasteiger partial charge in [0, 0.05) is 6.54 Å². The molecular formula is C14H19NO3. The average molecular weight is 249 g/mol. The molecule has 4 nitrogen and oxygen atoms in total. The maximum Gasteiger partial charge on any atom is 0.409 e. The average Bonchev–Trinajstić information content (AvgIpc) is 2.87. The molecule has 1 unspecified atom stereocenters. The fourth-order valence-electron chi connectivity index (χ4n) is 2.03. The molecule has 1 fully saturated rings. The first-order valence-corrected chi connectivity index (χ1v) is 6.37. The summed E-state index contributed by atoms with van der Waals surface area (Å²) in [5, 5.41) is 0. The lowest BCUT2D eigenvalue weighted by molar-refractivity contribution is 0.0443. The van der Waals surface area contributed by atoms with Gasteiger partial charge in [0.15, 0.2) is 0 Å². The molecule has 2 rings (SSSR count). The molecule has 1 amide bonds. The van der Waals surface area contributed by atoms with Gasteiger partial charge in [0.2, 0.25) is 0 Å². The lowest BCUT2D eigenvalue weighted by atomic mass is 10.2. The van der Waals surface area contributed by atoms with E-state index in [-0.39, 0.29) is 12.2 Å². The predicted molar refractivity (Wildman–Crippen MR) is 68.2 cm³/mol. The third-order valence-corrected chi connectivity index (χ3v) is 3.00. The molecule has 1 aliphatic heterocycles. The van der Waals surface area contributed by atoms with Crippen LogP contribution >= 0.6 is 0 Å². The highest BCUT2D eigenvalue weighted by Crippen LogP contribution is 2.15. The van der Waals surface area contributed by atoms with Crippen LogP contribution in [0.3, 0.4) is 0 Å². The molecule has 1 aromatic rings. The van der Waals surface area contributed by atoms with Crippen molar-refractivity contribution in [1.29, 1.82) is 0 Å². The molecule has 0 saturated carbocycles. The molecule has 1 aliphatic rings. The maximum atomic E-state index is 11.5. The number of amides is 1. The Morgan fingerprint density at radius 1 is 1.39 bits per heavy atom. The molecule has 18 heavy (non-hydrogen) atoms. The van der Waals surface area contributed by atoms with E-state index in [2.05, 4.69) is 0 Å². The number of likely N-dealkylation sites (tertiary alicyclic amines) is 1. The molecule has 1 atom stereocenters. The molecule has 4 heteroatoms. The number of hydrogen-bond donors (Lipinski definition) is 0. The van der Waals surface area contributed by atoms with Gasteiger partial charge >= 0.3 is 6.09 Å². The standard InChI is InChI=1S/C14H19NO3/c1-2-17-14(16)15-9-8-13(10-15)18-11-12-6-4-3-5-7-12/h3-7,13H,2,8-11H2,1H3. The Bertz CT molecular complexity index is 380. The van der Waals surface area contributed by atoms with E-state index in [1.54, 1.807) is 4.90 Å². The molecular weight excluding hydrogens is 230 g/mol. The van der Waals surface area contributed by atoms with Gasteiger partial charge in [0.05, 0.1) is 25.9 Å². The van der Waals surface area contributed by atoms with Crippen molar-refractivity contribution in [3.05, 3.63) is 35.9 Å². The molecule has 0 aromatic heterocycles. The van der Waals surface area contributed by atoms with Gasteiger partial charge < -0.3 is 14.4 Å². The van der Waals surface area contributed by atoms with Crippen LogP contribution in [0.2, 0.25) is 0 Å². The summed E-state index contributed by atoms with van der Waals surface area (Å²) in [5.74, 6) is 0. The van der Waals surface area contributed by atoms with E-state index in [4.69, 9.17) is 9.47 Å². The molecule has 1 heterocycles. The molecule has 1 saturated heterocycles. The largest absolute Gasteiger partial charge is 0.450 e. The van der Waals surface area contributed by atoms with E-state index in [0.29, 0.717) is 19.8 Å². The van der Waals surface area contributed by atoms with Crippen molar-refractivity contribution in [1.82, 2.24) is 4.90 Å². The summed E-state index contributed by atoms with van der Waals surface area (Å²) in [4.78, 5) is 13.2. The Morgan fingerprint density at radius 3 is 2.89 bits per heavy atom. The second-order valence-electron chi connectivity index (χ2n) is 4.35. The molecule has 98 valence electrons. The SMILES string of the molecule is CCOC(=O)N1CCC(OCc2ccccc2)C1. The van der Waals surface area contributed by atoms with Gasteiger partial charge in [0.1, 0.15) is 0 Å². The zero-order chi connectivity index (χ0) is 12.8. The third-order valence-electron chi connectivity index (χ3n) is 3.00. The fraction of sp³-hybridized carbons (Fsp3) is 0.500. The zero-order valence-corrected chi connectivity index (χ0v) is 10.7. The van der Waals surface area contributed by atoms with Crippen LogP contribution in [0.25, 0.3) is 0 Å². The number of nitrogens with zero attached hydrogens (tertiary/aromatic N) is 1. The second kappa shape index (κ2) is 6.40. The van der Waals surface area contributed by atoms with E-state index in [0.717, 1.165) is 18.5 Å². The van der Waals surface area contributed by atoms with Gasteiger partial charge in [0.25, 0.3) is 0 Å². The summed E-state index contributed by atoms with van der Waals surface area (Å²) in [5.41, 5.74) is 1.16. The van der Waals surface area contributed by atoms with Crippen molar-refractivity contribution in [2.45, 2.75) is 26.1 Å². The minimum absolute atomic E-state index is 0.120. The summed E-state index contributed by atoms with van der Waals surface area (Å²) in [6, 6.07) is 10.1. The normalized spacial score (nSPS) is 18.9. The number of rotatable bonds is 4. The summed E-state index contributed by atoms with van der Waals surface area (Å²) in [7, 11) is 0. The molecule has 0 N–H and O–H groups in total. The van der Waals surface area contributed by atoms with E-state index < -0.39 is 0 Å². The van der Waals surface area contributed by atoms with Crippen LogP contribution in [-0.4, -0.2) is 36.8 Å². The van der Waals surface area contributed by atoms with Crippen molar-refractivity contribution < 1.29 is 14.3 Å².